The number of nitrogens with zero attached hydrogens (tertiary/aromatic N) is 4. The lowest BCUT2D eigenvalue weighted by atomic mass is 10.1. The van der Waals surface area contributed by atoms with Crippen molar-refractivity contribution in [3.8, 4) is 0 Å². The third-order valence-electron chi connectivity index (χ3n) is 4.37. The molecule has 1 aromatic carbocycles. The molecule has 1 saturated heterocycles. The van der Waals surface area contributed by atoms with E-state index < -0.39 is 15.8 Å². The first-order chi connectivity index (χ1) is 12.4. The first kappa shape index (κ1) is 18.5. The van der Waals surface area contributed by atoms with Crippen LogP contribution in [0.15, 0.2) is 41.6 Å². The molecule has 0 bridgehead atoms. The van der Waals surface area contributed by atoms with Crippen LogP contribution < -0.4 is 10.2 Å². The molecule has 1 aromatic heterocycles. The van der Waals surface area contributed by atoms with Gasteiger partial charge >= 0.3 is 0 Å². The maximum atomic E-state index is 13.0. The van der Waals surface area contributed by atoms with E-state index >= 15 is 0 Å². The van der Waals surface area contributed by atoms with E-state index in [1.165, 1.54) is 34.9 Å². The van der Waals surface area contributed by atoms with Gasteiger partial charge in [0.1, 0.15) is 23.8 Å². The van der Waals surface area contributed by atoms with Gasteiger partial charge in [-0.25, -0.2) is 22.8 Å². The second kappa shape index (κ2) is 7.55. The van der Waals surface area contributed by atoms with Gasteiger partial charge in [0.25, 0.3) is 0 Å². The van der Waals surface area contributed by atoms with Crippen molar-refractivity contribution in [2.45, 2.75) is 23.8 Å². The molecule has 3 rings (SSSR count). The minimum absolute atomic E-state index is 0.122. The molecule has 9 heteroatoms. The Labute approximate surface area is 152 Å². The summed E-state index contributed by atoms with van der Waals surface area (Å²) < 4.78 is 39.8. The Balaban J connectivity index is 1.62. The van der Waals surface area contributed by atoms with E-state index in [0.29, 0.717) is 25.9 Å². The molecule has 0 radical (unpaired) electrons. The molecule has 26 heavy (non-hydrogen) atoms. The fraction of sp³-hybridized carbons (Fsp3) is 0.412. The summed E-state index contributed by atoms with van der Waals surface area (Å²) in [4.78, 5) is 10.4. The zero-order valence-electron chi connectivity index (χ0n) is 14.8. The van der Waals surface area contributed by atoms with E-state index in [2.05, 4.69) is 15.3 Å². The van der Waals surface area contributed by atoms with Crippen molar-refractivity contribution in [2.75, 3.05) is 37.4 Å². The zero-order chi connectivity index (χ0) is 18.7. The van der Waals surface area contributed by atoms with Crippen LogP contribution in [0.4, 0.5) is 16.0 Å². The number of benzene rings is 1. The Morgan fingerprint density at radius 1 is 1.15 bits per heavy atom. The predicted molar refractivity (Wildman–Crippen MR) is 98.2 cm³/mol. The Bertz CT molecular complexity index is 850. The molecule has 0 saturated carbocycles. The van der Waals surface area contributed by atoms with Crippen molar-refractivity contribution in [3.05, 3.63) is 42.5 Å². The molecule has 2 aromatic rings. The smallest absolute Gasteiger partial charge is 0.243 e. The summed E-state index contributed by atoms with van der Waals surface area (Å²) in [5, 5.41) is 3.35. The molecule has 140 valence electrons. The Kier molecular flexibility index (Phi) is 5.38. The lowest BCUT2D eigenvalue weighted by Crippen LogP contribution is -2.42. The fourth-order valence-corrected chi connectivity index (χ4v) is 4.35. The number of hydrogen-bond donors (Lipinski definition) is 1. The van der Waals surface area contributed by atoms with Gasteiger partial charge in [0, 0.05) is 39.3 Å². The first-order valence-corrected chi connectivity index (χ1v) is 9.82. The molecule has 1 N–H and O–H groups in total. The van der Waals surface area contributed by atoms with Crippen LogP contribution in [0.2, 0.25) is 0 Å². The number of anilines is 2. The molecule has 2 heterocycles. The number of sulfonamides is 1. The second-order valence-corrected chi connectivity index (χ2v) is 8.37. The lowest BCUT2D eigenvalue weighted by molar-refractivity contribution is 0.329. The number of aromatic nitrogens is 2. The van der Waals surface area contributed by atoms with E-state index in [9.17, 15) is 12.8 Å². The Hall–Kier alpha value is -2.26. The lowest BCUT2D eigenvalue weighted by Gasteiger charge is -2.32. The van der Waals surface area contributed by atoms with Gasteiger partial charge < -0.3 is 10.2 Å². The quantitative estimate of drug-likeness (QED) is 0.856. The van der Waals surface area contributed by atoms with Crippen LogP contribution in [0.3, 0.4) is 0 Å². The van der Waals surface area contributed by atoms with E-state index in [4.69, 9.17) is 0 Å². The van der Waals surface area contributed by atoms with Gasteiger partial charge in [-0.1, -0.05) is 0 Å². The average Bonchev–Trinajstić information content (AvgIpc) is 2.63. The van der Waals surface area contributed by atoms with Gasteiger partial charge in [0.15, 0.2) is 0 Å². The molecular weight excluding hydrogens is 357 g/mol. The highest BCUT2D eigenvalue weighted by molar-refractivity contribution is 7.89. The van der Waals surface area contributed by atoms with Gasteiger partial charge in [0.2, 0.25) is 10.0 Å². The van der Waals surface area contributed by atoms with Gasteiger partial charge in [-0.15, -0.1) is 0 Å². The monoisotopic (exact) mass is 379 g/mol. The van der Waals surface area contributed by atoms with Crippen LogP contribution in [0.1, 0.15) is 12.8 Å². The largest absolute Gasteiger partial charge is 0.367 e. The standard InChI is InChI=1S/C17H22FN5O2S/c1-22(2)17-11-16(19-12-20-17)21-14-7-9-23(10-8-14)26(24,25)15-5-3-13(18)4-6-15/h3-6,11-12,14H,7-10H2,1-2H3,(H,19,20,21). The second-order valence-electron chi connectivity index (χ2n) is 6.43. The summed E-state index contributed by atoms with van der Waals surface area (Å²) in [5.41, 5.74) is 0. The average molecular weight is 379 g/mol. The highest BCUT2D eigenvalue weighted by atomic mass is 32.2. The summed E-state index contributed by atoms with van der Waals surface area (Å²) in [6.07, 6.45) is 2.84. The number of piperidine rings is 1. The molecule has 0 unspecified atom stereocenters. The first-order valence-electron chi connectivity index (χ1n) is 8.38. The Morgan fingerprint density at radius 3 is 2.42 bits per heavy atom. The van der Waals surface area contributed by atoms with Crippen molar-refractivity contribution in [3.63, 3.8) is 0 Å². The number of hydrogen-bond acceptors (Lipinski definition) is 6. The molecule has 0 amide bonds. The maximum Gasteiger partial charge on any atom is 0.243 e. The van der Waals surface area contributed by atoms with Crippen molar-refractivity contribution in [1.82, 2.24) is 14.3 Å². The molecule has 1 fully saturated rings. The van der Waals surface area contributed by atoms with E-state index in [1.54, 1.807) is 0 Å². The van der Waals surface area contributed by atoms with E-state index in [-0.39, 0.29) is 10.9 Å². The minimum atomic E-state index is -3.59. The summed E-state index contributed by atoms with van der Waals surface area (Å²) in [6.45, 7) is 0.812. The molecule has 0 atom stereocenters. The highest BCUT2D eigenvalue weighted by Crippen LogP contribution is 2.23. The number of rotatable bonds is 5. The third kappa shape index (κ3) is 4.10. The zero-order valence-corrected chi connectivity index (χ0v) is 15.6. The summed E-state index contributed by atoms with van der Waals surface area (Å²) >= 11 is 0. The van der Waals surface area contributed by atoms with Crippen LogP contribution in [0.25, 0.3) is 0 Å². The highest BCUT2D eigenvalue weighted by Gasteiger charge is 2.29. The summed E-state index contributed by atoms with van der Waals surface area (Å²) in [6, 6.07) is 6.94. The minimum Gasteiger partial charge on any atom is -0.367 e. The van der Waals surface area contributed by atoms with Crippen LogP contribution in [0.5, 0.6) is 0 Å². The van der Waals surface area contributed by atoms with Crippen molar-refractivity contribution in [2.24, 2.45) is 0 Å². The molecule has 0 spiro atoms. The van der Waals surface area contributed by atoms with E-state index in [1.807, 2.05) is 25.1 Å². The van der Waals surface area contributed by atoms with E-state index in [0.717, 1.165) is 11.6 Å². The predicted octanol–water partition coefficient (Wildman–Crippen LogP) is 1.95. The summed E-state index contributed by atoms with van der Waals surface area (Å²) in [7, 11) is 0.229. The molecule has 0 aliphatic carbocycles. The number of nitrogens with one attached hydrogen (secondary N) is 1. The van der Waals surface area contributed by atoms with Gasteiger partial charge in [-0.05, 0) is 37.1 Å². The van der Waals surface area contributed by atoms with Crippen LogP contribution in [0, 0.1) is 5.82 Å². The van der Waals surface area contributed by atoms with Gasteiger partial charge in [-0.3, -0.25) is 0 Å². The van der Waals surface area contributed by atoms with Crippen LogP contribution >= 0.6 is 0 Å². The number of halogens is 1. The Morgan fingerprint density at radius 2 is 1.81 bits per heavy atom. The van der Waals surface area contributed by atoms with Crippen LogP contribution in [-0.4, -0.2) is 55.9 Å². The summed E-state index contributed by atoms with van der Waals surface area (Å²) in [5.74, 6) is 1.08. The third-order valence-corrected chi connectivity index (χ3v) is 6.28. The van der Waals surface area contributed by atoms with Crippen molar-refractivity contribution in [1.29, 1.82) is 0 Å². The molecular formula is C17H22FN5O2S. The molecule has 7 nitrogen and oxygen atoms in total. The van der Waals surface area contributed by atoms with Crippen LogP contribution in [-0.2, 0) is 10.0 Å². The van der Waals surface area contributed by atoms with Gasteiger partial charge in [0.05, 0.1) is 4.90 Å². The normalized spacial score (nSPS) is 16.4. The topological polar surface area (TPSA) is 78.4 Å². The van der Waals surface area contributed by atoms with Crippen molar-refractivity contribution < 1.29 is 12.8 Å². The fourth-order valence-electron chi connectivity index (χ4n) is 2.88. The molecule has 1 aliphatic heterocycles. The van der Waals surface area contributed by atoms with Gasteiger partial charge in [-0.2, -0.15) is 4.31 Å². The van der Waals surface area contributed by atoms with Crippen molar-refractivity contribution >= 4 is 21.7 Å². The SMILES string of the molecule is CN(C)c1cc(NC2CCN(S(=O)(=O)c3ccc(F)cc3)CC2)ncn1. The molecule has 1 aliphatic rings. The maximum absolute atomic E-state index is 13.0.